The summed E-state index contributed by atoms with van der Waals surface area (Å²) in [7, 11) is 2.99. The number of nitro benzene ring substituents is 1. The molecule has 0 bridgehead atoms. The number of carbonyl (C=O) groups excluding carboxylic acids is 2. The highest BCUT2D eigenvalue weighted by molar-refractivity contribution is 14.1. The lowest BCUT2D eigenvalue weighted by atomic mass is 10.2. The Morgan fingerprint density at radius 1 is 1.11 bits per heavy atom. The second-order valence-electron chi connectivity index (χ2n) is 7.93. The van der Waals surface area contributed by atoms with E-state index in [0.717, 1.165) is 18.3 Å². The van der Waals surface area contributed by atoms with Gasteiger partial charge >= 0.3 is 5.97 Å². The molecule has 0 spiro atoms. The van der Waals surface area contributed by atoms with Gasteiger partial charge in [0.05, 0.1) is 35.3 Å². The molecule has 1 fully saturated rings. The average molecular weight is 755 g/mol. The number of non-ortho nitro benzene ring substituents is 1. The maximum Gasteiger partial charge on any atom is 0.337 e. The summed E-state index contributed by atoms with van der Waals surface area (Å²) in [5, 5.41) is 11.4. The summed E-state index contributed by atoms with van der Waals surface area (Å²) in [6.07, 6.45) is 1.82. The number of likely N-dealkylation sites (N-methyl/N-ethyl adjacent to an activating group) is 1. The highest BCUT2D eigenvalue weighted by Gasteiger charge is 2.30. The van der Waals surface area contributed by atoms with Crippen LogP contribution in [0.3, 0.4) is 0 Å². The van der Waals surface area contributed by atoms with E-state index in [1.807, 2.05) is 18.2 Å². The number of thioether (sulfide) groups is 1. The number of amidine groups is 1. The first-order chi connectivity index (χ1) is 18.2. The molecule has 1 aliphatic heterocycles. The van der Waals surface area contributed by atoms with Gasteiger partial charge in [-0.3, -0.25) is 19.8 Å². The zero-order chi connectivity index (χ0) is 27.4. The number of hydrogen-bond donors (Lipinski definition) is 0. The lowest BCUT2D eigenvalue weighted by Gasteiger charge is -2.12. The van der Waals surface area contributed by atoms with Crippen molar-refractivity contribution in [3.05, 3.63) is 99.5 Å². The van der Waals surface area contributed by atoms with E-state index >= 15 is 0 Å². The van der Waals surface area contributed by atoms with Crippen molar-refractivity contribution in [1.29, 1.82) is 0 Å². The van der Waals surface area contributed by atoms with E-state index in [9.17, 15) is 19.7 Å². The van der Waals surface area contributed by atoms with Crippen LogP contribution in [0, 0.1) is 17.3 Å². The fourth-order valence-electron chi connectivity index (χ4n) is 3.37. The predicted molar refractivity (Wildman–Crippen MR) is 163 cm³/mol. The van der Waals surface area contributed by atoms with E-state index in [0.29, 0.717) is 27.1 Å². The molecule has 9 nitrogen and oxygen atoms in total. The van der Waals surface area contributed by atoms with Crippen LogP contribution in [0.1, 0.15) is 21.5 Å². The van der Waals surface area contributed by atoms with Gasteiger partial charge < -0.3 is 9.47 Å². The molecule has 0 aromatic heterocycles. The van der Waals surface area contributed by atoms with Gasteiger partial charge in [0.25, 0.3) is 11.6 Å². The summed E-state index contributed by atoms with van der Waals surface area (Å²) >= 11 is 5.64. The van der Waals surface area contributed by atoms with Crippen molar-refractivity contribution >= 4 is 91.4 Å². The first kappa shape index (κ1) is 28.0. The maximum atomic E-state index is 12.9. The van der Waals surface area contributed by atoms with Gasteiger partial charge in [-0.1, -0.05) is 0 Å². The molecule has 1 heterocycles. The molecule has 12 heteroatoms. The summed E-state index contributed by atoms with van der Waals surface area (Å²) in [5.41, 5.74) is 2.72. The van der Waals surface area contributed by atoms with Gasteiger partial charge in [0.1, 0.15) is 12.4 Å². The molecule has 4 rings (SSSR count). The van der Waals surface area contributed by atoms with E-state index in [1.165, 1.54) is 35.9 Å². The molecule has 0 atom stereocenters. The Kier molecular flexibility index (Phi) is 9.04. The van der Waals surface area contributed by atoms with Gasteiger partial charge in [-0.2, -0.15) is 0 Å². The molecular formula is C26H19I2N3O6S. The number of hydrogen-bond acceptors (Lipinski definition) is 8. The Morgan fingerprint density at radius 2 is 1.74 bits per heavy atom. The van der Waals surface area contributed by atoms with Crippen LogP contribution in [0.5, 0.6) is 5.75 Å². The number of benzene rings is 3. The fourth-order valence-corrected chi connectivity index (χ4v) is 6.49. The van der Waals surface area contributed by atoms with Gasteiger partial charge in [-0.15, -0.1) is 0 Å². The summed E-state index contributed by atoms with van der Waals surface area (Å²) in [6, 6.07) is 16.7. The number of aliphatic imine (C=N–C) groups is 1. The monoisotopic (exact) mass is 755 g/mol. The third-order valence-corrected chi connectivity index (χ3v) is 8.03. The normalized spacial score (nSPS) is 15.3. The zero-order valence-corrected chi connectivity index (χ0v) is 25.1. The minimum atomic E-state index is -0.437. The van der Waals surface area contributed by atoms with Gasteiger partial charge in [-0.05, 0) is 123 Å². The number of halogens is 2. The Bertz CT molecular complexity index is 1450. The number of carbonyl (C=O) groups is 2. The standard InChI is InChI=1S/C26H19I2N3O6S/c1-30-24(32)22(38-26(30)29-18-7-5-17(6-8-18)25(33)36-2)13-16-11-20(27)23(21(28)12-16)37-14-15-3-9-19(10-4-15)31(34)35/h3-13H,14H2,1-2H3/b22-13-,29-26?. The molecule has 3 aromatic rings. The molecule has 38 heavy (non-hydrogen) atoms. The largest absolute Gasteiger partial charge is 0.487 e. The zero-order valence-electron chi connectivity index (χ0n) is 20.0. The fraction of sp³-hybridized carbons (Fsp3) is 0.115. The van der Waals surface area contributed by atoms with Crippen LogP contribution in [0.4, 0.5) is 11.4 Å². The summed E-state index contributed by atoms with van der Waals surface area (Å²) < 4.78 is 12.4. The van der Waals surface area contributed by atoms with Crippen LogP contribution in [0.25, 0.3) is 6.08 Å². The van der Waals surface area contributed by atoms with Crippen LogP contribution in [-0.4, -0.2) is 41.0 Å². The number of rotatable bonds is 7. The summed E-state index contributed by atoms with van der Waals surface area (Å²) in [5.74, 6) is 0.110. The molecule has 1 amide bonds. The smallest absolute Gasteiger partial charge is 0.337 e. The highest BCUT2D eigenvalue weighted by atomic mass is 127. The molecule has 0 unspecified atom stereocenters. The average Bonchev–Trinajstić information content (AvgIpc) is 3.16. The number of methoxy groups -OCH3 is 1. The molecular weight excluding hydrogens is 736 g/mol. The highest BCUT2D eigenvalue weighted by Crippen LogP contribution is 2.35. The third kappa shape index (κ3) is 6.53. The van der Waals surface area contributed by atoms with Crippen LogP contribution >= 0.6 is 56.9 Å². The van der Waals surface area contributed by atoms with Gasteiger partial charge in [0, 0.05) is 19.2 Å². The quantitative estimate of drug-likeness (QED) is 0.0903. The van der Waals surface area contributed by atoms with Crippen molar-refractivity contribution in [1.82, 2.24) is 4.90 Å². The number of amides is 1. The van der Waals surface area contributed by atoms with E-state index in [2.05, 4.69) is 50.2 Å². The lowest BCUT2D eigenvalue weighted by molar-refractivity contribution is -0.384. The van der Waals surface area contributed by atoms with Crippen molar-refractivity contribution in [3.8, 4) is 5.75 Å². The van der Waals surface area contributed by atoms with Crippen molar-refractivity contribution in [2.45, 2.75) is 6.61 Å². The van der Waals surface area contributed by atoms with E-state index in [-0.39, 0.29) is 18.2 Å². The van der Waals surface area contributed by atoms with Gasteiger partial charge in [0.15, 0.2) is 5.17 Å². The van der Waals surface area contributed by atoms with Crippen molar-refractivity contribution in [2.75, 3.05) is 14.2 Å². The Labute approximate surface area is 249 Å². The molecule has 1 aliphatic rings. The summed E-state index contributed by atoms with van der Waals surface area (Å²) in [6.45, 7) is 0.268. The van der Waals surface area contributed by atoms with Crippen LogP contribution in [0.15, 0.2) is 70.6 Å². The second kappa shape index (κ2) is 12.3. The topological polar surface area (TPSA) is 111 Å². The lowest BCUT2D eigenvalue weighted by Crippen LogP contribution is -2.23. The molecule has 0 saturated carbocycles. The third-order valence-electron chi connectivity index (χ3n) is 5.37. The second-order valence-corrected chi connectivity index (χ2v) is 11.3. The number of esters is 1. The number of ether oxygens (including phenoxy) is 2. The van der Waals surface area contributed by atoms with E-state index in [1.54, 1.807) is 43.4 Å². The molecule has 194 valence electrons. The Morgan fingerprint density at radius 3 is 2.32 bits per heavy atom. The van der Waals surface area contributed by atoms with Crippen molar-refractivity contribution in [3.63, 3.8) is 0 Å². The first-order valence-electron chi connectivity index (χ1n) is 11.0. The number of nitro groups is 1. The van der Waals surface area contributed by atoms with E-state index < -0.39 is 10.9 Å². The van der Waals surface area contributed by atoms with Crippen LogP contribution < -0.4 is 4.74 Å². The number of nitrogens with zero attached hydrogens (tertiary/aromatic N) is 3. The van der Waals surface area contributed by atoms with Gasteiger partial charge in [0.2, 0.25) is 0 Å². The van der Waals surface area contributed by atoms with Crippen LogP contribution in [-0.2, 0) is 16.1 Å². The minimum Gasteiger partial charge on any atom is -0.487 e. The predicted octanol–water partition coefficient (Wildman–Crippen LogP) is 6.40. The van der Waals surface area contributed by atoms with Gasteiger partial charge in [-0.25, -0.2) is 9.79 Å². The molecule has 0 radical (unpaired) electrons. The van der Waals surface area contributed by atoms with Crippen molar-refractivity contribution < 1.29 is 24.0 Å². The molecule has 0 N–H and O–H groups in total. The molecule has 0 aliphatic carbocycles. The summed E-state index contributed by atoms with van der Waals surface area (Å²) in [4.78, 5) is 41.5. The van der Waals surface area contributed by atoms with Crippen molar-refractivity contribution in [2.24, 2.45) is 4.99 Å². The van der Waals surface area contributed by atoms with Crippen LogP contribution in [0.2, 0.25) is 0 Å². The SMILES string of the molecule is COC(=O)c1ccc(N=C2S/C(=C\c3cc(I)c(OCc4ccc([N+](=O)[O-])cc4)c(I)c3)C(=O)N2C)cc1. The molecule has 3 aromatic carbocycles. The maximum absolute atomic E-state index is 12.9. The minimum absolute atomic E-state index is 0.0324. The molecule has 1 saturated heterocycles. The van der Waals surface area contributed by atoms with E-state index in [4.69, 9.17) is 9.47 Å². The first-order valence-corrected chi connectivity index (χ1v) is 13.9. The Balaban J connectivity index is 1.49. The Hall–Kier alpha value is -2.98.